The molecule has 4 heterocycles. The zero-order valence-corrected chi connectivity index (χ0v) is 16.9. The molecule has 5 aromatic rings. The van der Waals surface area contributed by atoms with E-state index in [9.17, 15) is 4.79 Å². The highest BCUT2D eigenvalue weighted by Crippen LogP contribution is 2.30. The lowest BCUT2D eigenvalue weighted by Crippen LogP contribution is -2.24. The minimum Gasteiger partial charge on any atom is -0.323 e. The molecule has 0 fully saturated rings. The number of thiazole rings is 1. The molecule has 0 amide bonds. The van der Waals surface area contributed by atoms with Gasteiger partial charge < -0.3 is 4.57 Å². The van der Waals surface area contributed by atoms with Crippen molar-refractivity contribution in [2.24, 2.45) is 7.05 Å². The maximum atomic E-state index is 13.2. The lowest BCUT2D eigenvalue weighted by atomic mass is 10.1. The Bertz CT molecular complexity index is 1380. The fourth-order valence-corrected chi connectivity index (χ4v) is 4.90. The first-order valence-electron chi connectivity index (χ1n) is 8.68. The topological polar surface area (TPSA) is 93.4 Å². The number of rotatable bonds is 5. The quantitative estimate of drug-likeness (QED) is 0.432. The maximum absolute atomic E-state index is 13.2. The van der Waals surface area contributed by atoms with Gasteiger partial charge in [-0.2, -0.15) is 10.2 Å². The van der Waals surface area contributed by atoms with Gasteiger partial charge in [0.05, 0.1) is 35.7 Å². The Morgan fingerprint density at radius 2 is 2.18 bits per heavy atom. The molecule has 0 aliphatic rings. The van der Waals surface area contributed by atoms with Crippen molar-refractivity contribution in [1.82, 2.24) is 34.3 Å². The third-order valence-electron chi connectivity index (χ3n) is 4.83. The van der Waals surface area contributed by atoms with Crippen LogP contribution < -0.4 is 10.3 Å². The van der Waals surface area contributed by atoms with Crippen molar-refractivity contribution < 1.29 is 0 Å². The summed E-state index contributed by atoms with van der Waals surface area (Å²) in [7, 11) is 1.89. The summed E-state index contributed by atoms with van der Waals surface area (Å²) in [5.74, 6) is 0. The second kappa shape index (κ2) is 6.73. The van der Waals surface area contributed by atoms with E-state index in [-0.39, 0.29) is 5.56 Å². The predicted molar refractivity (Wildman–Crippen MR) is 114 cm³/mol. The smallest absolute Gasteiger partial charge is 0.291 e. The van der Waals surface area contributed by atoms with Gasteiger partial charge in [0.25, 0.3) is 5.56 Å². The molecule has 0 saturated carbocycles. The fraction of sp³-hybridized carbons (Fsp3) is 0.222. The lowest BCUT2D eigenvalue weighted by Gasteiger charge is -2.07. The van der Waals surface area contributed by atoms with Crippen molar-refractivity contribution in [1.29, 1.82) is 0 Å². The number of aromatic nitrogens is 6. The van der Waals surface area contributed by atoms with Gasteiger partial charge in [-0.1, -0.05) is 24.1 Å². The fourth-order valence-electron chi connectivity index (χ4n) is 3.48. The first kappa shape index (κ1) is 17.4. The van der Waals surface area contributed by atoms with E-state index >= 15 is 0 Å². The molecule has 8 nitrogen and oxygen atoms in total. The van der Waals surface area contributed by atoms with Gasteiger partial charge in [-0.05, 0) is 17.9 Å². The highest BCUT2D eigenvalue weighted by Gasteiger charge is 2.18. The molecular formula is C18H17N7OS2. The molecule has 10 heteroatoms. The highest BCUT2D eigenvalue weighted by molar-refractivity contribution is 7.96. The van der Waals surface area contributed by atoms with Crippen LogP contribution in [0, 0.1) is 0 Å². The lowest BCUT2D eigenvalue weighted by molar-refractivity contribution is 0.647. The van der Waals surface area contributed by atoms with Crippen LogP contribution in [-0.2, 0) is 20.1 Å². The highest BCUT2D eigenvalue weighted by atomic mass is 32.2. The molecule has 0 spiro atoms. The molecule has 2 N–H and O–H groups in total. The third-order valence-corrected chi connectivity index (χ3v) is 6.34. The van der Waals surface area contributed by atoms with E-state index < -0.39 is 0 Å². The molecule has 0 atom stereocenters. The second-order valence-electron chi connectivity index (χ2n) is 6.46. The van der Waals surface area contributed by atoms with Gasteiger partial charge >= 0.3 is 0 Å². The summed E-state index contributed by atoms with van der Waals surface area (Å²) >= 11 is 3.16. The number of fused-ring (bicyclic) bond motifs is 4. The molecule has 0 bridgehead atoms. The number of nitrogens with one attached hydrogen (secondary N) is 2. The Morgan fingerprint density at radius 1 is 1.29 bits per heavy atom. The number of H-pyrrole nitrogens is 1. The first-order chi connectivity index (χ1) is 13.7. The maximum Gasteiger partial charge on any atom is 0.291 e. The number of hydrogen-bond donors (Lipinski definition) is 2. The standard InChI is InChI=1S/C18H17N7OS2/c1-24-15-12(16-17(24)22-14(28-16)8-21-27-2)7-20-25(18(15)26)9-10-4-3-5-13-11(10)6-19-23-13/h3-7,21H,8-9H2,1-2H3,(H,19,23). The number of hydrogen-bond acceptors (Lipinski definition) is 7. The van der Waals surface area contributed by atoms with Crippen LogP contribution in [-0.4, -0.2) is 35.8 Å². The molecule has 0 aliphatic heterocycles. The predicted octanol–water partition coefficient (Wildman–Crippen LogP) is 2.64. The molecule has 0 aliphatic carbocycles. The molecule has 5 rings (SSSR count). The largest absolute Gasteiger partial charge is 0.323 e. The van der Waals surface area contributed by atoms with Crippen molar-refractivity contribution in [3.63, 3.8) is 0 Å². The summed E-state index contributed by atoms with van der Waals surface area (Å²) in [4.78, 5) is 17.9. The molecular weight excluding hydrogens is 394 g/mol. The third kappa shape index (κ3) is 2.64. The van der Waals surface area contributed by atoms with E-state index in [0.29, 0.717) is 18.6 Å². The number of nitrogens with zero attached hydrogens (tertiary/aromatic N) is 5. The Hall–Kier alpha value is -2.69. The summed E-state index contributed by atoms with van der Waals surface area (Å²) in [5, 5.41) is 14.3. The van der Waals surface area contributed by atoms with Gasteiger partial charge in [-0.15, -0.1) is 11.3 Å². The van der Waals surface area contributed by atoms with E-state index in [0.717, 1.165) is 37.2 Å². The number of benzene rings is 1. The number of aromatic amines is 1. The van der Waals surface area contributed by atoms with Crippen LogP contribution in [0.15, 0.2) is 35.4 Å². The van der Waals surface area contributed by atoms with Gasteiger partial charge in [0.1, 0.15) is 10.5 Å². The molecule has 142 valence electrons. The normalized spacial score (nSPS) is 11.9. The summed E-state index contributed by atoms with van der Waals surface area (Å²) < 4.78 is 7.59. The Morgan fingerprint density at radius 3 is 3.04 bits per heavy atom. The average molecular weight is 412 g/mol. The van der Waals surface area contributed by atoms with E-state index in [1.54, 1.807) is 35.7 Å². The average Bonchev–Trinajstić information content (AvgIpc) is 3.39. The van der Waals surface area contributed by atoms with Crippen LogP contribution in [0.25, 0.3) is 32.2 Å². The van der Waals surface area contributed by atoms with Gasteiger partial charge in [0, 0.05) is 17.8 Å². The molecule has 0 unspecified atom stereocenters. The van der Waals surface area contributed by atoms with Crippen LogP contribution in [0.3, 0.4) is 0 Å². The van der Waals surface area contributed by atoms with Crippen LogP contribution >= 0.6 is 23.3 Å². The monoisotopic (exact) mass is 411 g/mol. The SMILES string of the molecule is CSNCc1nc2c(s1)c1cnn(Cc3cccc4[nH]ncc34)c(=O)c1n2C. The van der Waals surface area contributed by atoms with Gasteiger partial charge in [-0.3, -0.25) is 14.6 Å². The van der Waals surface area contributed by atoms with Crippen LogP contribution in [0.1, 0.15) is 10.6 Å². The van der Waals surface area contributed by atoms with Crippen LogP contribution in [0.4, 0.5) is 0 Å². The van der Waals surface area contributed by atoms with Gasteiger partial charge in [-0.25, -0.2) is 9.67 Å². The summed E-state index contributed by atoms with van der Waals surface area (Å²) in [5.41, 5.74) is 3.29. The molecule has 1 aromatic carbocycles. The van der Waals surface area contributed by atoms with Crippen molar-refractivity contribution in [2.75, 3.05) is 6.26 Å². The Balaban J connectivity index is 1.62. The Kier molecular flexibility index (Phi) is 4.18. The second-order valence-corrected chi connectivity index (χ2v) is 8.24. The minimum absolute atomic E-state index is 0.116. The van der Waals surface area contributed by atoms with Gasteiger partial charge in [0.15, 0.2) is 5.65 Å². The van der Waals surface area contributed by atoms with E-state index in [1.807, 2.05) is 36.1 Å². The summed E-state index contributed by atoms with van der Waals surface area (Å²) in [6, 6.07) is 5.91. The van der Waals surface area contributed by atoms with E-state index in [1.165, 1.54) is 4.68 Å². The Labute approximate surface area is 167 Å². The zero-order chi connectivity index (χ0) is 19.3. The van der Waals surface area contributed by atoms with Crippen molar-refractivity contribution in [3.8, 4) is 0 Å². The summed E-state index contributed by atoms with van der Waals surface area (Å²) in [6.45, 7) is 1.09. The van der Waals surface area contributed by atoms with Crippen molar-refractivity contribution in [2.45, 2.75) is 13.1 Å². The molecule has 28 heavy (non-hydrogen) atoms. The van der Waals surface area contributed by atoms with E-state index in [2.05, 4.69) is 20.0 Å². The molecule has 0 saturated heterocycles. The minimum atomic E-state index is -0.116. The van der Waals surface area contributed by atoms with Crippen LogP contribution in [0.5, 0.6) is 0 Å². The van der Waals surface area contributed by atoms with Crippen molar-refractivity contribution >= 4 is 55.4 Å². The van der Waals surface area contributed by atoms with Crippen LogP contribution in [0.2, 0.25) is 0 Å². The molecule has 4 aromatic heterocycles. The summed E-state index contributed by atoms with van der Waals surface area (Å²) in [6.07, 6.45) is 5.54. The van der Waals surface area contributed by atoms with E-state index in [4.69, 9.17) is 4.98 Å². The first-order valence-corrected chi connectivity index (χ1v) is 10.7. The number of aryl methyl sites for hydroxylation is 1. The zero-order valence-electron chi connectivity index (χ0n) is 15.3. The van der Waals surface area contributed by atoms with Gasteiger partial charge in [0.2, 0.25) is 0 Å². The van der Waals surface area contributed by atoms with Crippen molar-refractivity contribution in [3.05, 3.63) is 51.5 Å². The molecule has 0 radical (unpaired) electrons.